The van der Waals surface area contributed by atoms with E-state index in [0.29, 0.717) is 19.6 Å². The molecule has 0 bridgehead atoms. The van der Waals surface area contributed by atoms with Gasteiger partial charge in [-0.3, -0.25) is 4.79 Å². The second-order valence-electron chi connectivity index (χ2n) is 3.97. The monoisotopic (exact) mass is 364 g/mol. The third kappa shape index (κ3) is 5.19. The highest BCUT2D eigenvalue weighted by molar-refractivity contribution is 14.1. The Morgan fingerprint density at radius 2 is 2.17 bits per heavy atom. The van der Waals surface area contributed by atoms with Gasteiger partial charge < -0.3 is 20.8 Å². The van der Waals surface area contributed by atoms with Crippen LogP contribution in [0.3, 0.4) is 0 Å². The van der Waals surface area contributed by atoms with E-state index in [9.17, 15) is 9.90 Å². The molecular formula is C12H17IN2O3. The fourth-order valence-electron chi connectivity index (χ4n) is 1.36. The van der Waals surface area contributed by atoms with Crippen molar-refractivity contribution in [2.45, 2.75) is 13.0 Å². The van der Waals surface area contributed by atoms with Crippen molar-refractivity contribution >= 4 is 28.5 Å². The molecule has 0 radical (unpaired) electrons. The number of aliphatic hydroxyl groups is 1. The lowest BCUT2D eigenvalue weighted by molar-refractivity contribution is 0.0951. The third-order valence-corrected chi connectivity index (χ3v) is 2.90. The number of aromatic hydroxyl groups is 1. The lowest BCUT2D eigenvalue weighted by Crippen LogP contribution is -2.34. The van der Waals surface area contributed by atoms with Gasteiger partial charge in [0.1, 0.15) is 5.75 Å². The highest BCUT2D eigenvalue weighted by Crippen LogP contribution is 2.19. The Labute approximate surface area is 120 Å². The maximum atomic E-state index is 11.8. The number of phenolic OH excluding ortho intramolecular Hbond substituents is 1. The van der Waals surface area contributed by atoms with Crippen LogP contribution in [0.4, 0.5) is 0 Å². The Balaban J connectivity index is 2.39. The summed E-state index contributed by atoms with van der Waals surface area (Å²) in [7, 11) is 0. The zero-order chi connectivity index (χ0) is 13.5. The van der Waals surface area contributed by atoms with E-state index in [1.54, 1.807) is 19.1 Å². The van der Waals surface area contributed by atoms with Crippen LogP contribution in [0.1, 0.15) is 17.3 Å². The van der Waals surface area contributed by atoms with Gasteiger partial charge in [0, 0.05) is 23.2 Å². The second-order valence-corrected chi connectivity index (χ2v) is 5.22. The van der Waals surface area contributed by atoms with Gasteiger partial charge in [0.2, 0.25) is 0 Å². The zero-order valence-corrected chi connectivity index (χ0v) is 12.3. The van der Waals surface area contributed by atoms with Gasteiger partial charge >= 0.3 is 0 Å². The molecule has 1 atom stereocenters. The number of nitrogens with one attached hydrogen (secondary N) is 2. The molecule has 4 N–H and O–H groups in total. The SMILES string of the molecule is CC(O)CNCCNC(=O)c1cc(I)ccc1O. The van der Waals surface area contributed by atoms with E-state index in [2.05, 4.69) is 33.2 Å². The number of phenols is 1. The van der Waals surface area contributed by atoms with Gasteiger partial charge in [0.15, 0.2) is 0 Å². The quantitative estimate of drug-likeness (QED) is 0.443. The first-order valence-electron chi connectivity index (χ1n) is 5.66. The number of aliphatic hydroxyl groups excluding tert-OH is 1. The van der Waals surface area contributed by atoms with E-state index in [1.165, 1.54) is 6.07 Å². The summed E-state index contributed by atoms with van der Waals surface area (Å²) in [6.45, 7) is 3.19. The summed E-state index contributed by atoms with van der Waals surface area (Å²) in [5.41, 5.74) is 0.275. The van der Waals surface area contributed by atoms with E-state index in [4.69, 9.17) is 5.11 Å². The molecule has 1 aromatic carbocycles. The molecule has 5 nitrogen and oxygen atoms in total. The second kappa shape index (κ2) is 7.55. The first-order chi connectivity index (χ1) is 8.50. The van der Waals surface area contributed by atoms with Crippen molar-refractivity contribution in [3.63, 3.8) is 0 Å². The summed E-state index contributed by atoms with van der Waals surface area (Å²) < 4.78 is 0.891. The van der Waals surface area contributed by atoms with Crippen molar-refractivity contribution in [3.8, 4) is 5.75 Å². The van der Waals surface area contributed by atoms with Crippen molar-refractivity contribution in [1.29, 1.82) is 0 Å². The van der Waals surface area contributed by atoms with E-state index < -0.39 is 6.10 Å². The number of hydrogen-bond acceptors (Lipinski definition) is 4. The van der Waals surface area contributed by atoms with Crippen LogP contribution in [0, 0.1) is 3.57 Å². The smallest absolute Gasteiger partial charge is 0.255 e. The molecule has 1 unspecified atom stereocenters. The minimum Gasteiger partial charge on any atom is -0.507 e. The van der Waals surface area contributed by atoms with E-state index in [-0.39, 0.29) is 17.2 Å². The molecule has 1 aromatic rings. The summed E-state index contributed by atoms with van der Waals surface area (Å²) in [6.07, 6.45) is -0.402. The summed E-state index contributed by atoms with van der Waals surface area (Å²) in [5, 5.41) is 24.3. The maximum Gasteiger partial charge on any atom is 0.255 e. The zero-order valence-electron chi connectivity index (χ0n) is 10.1. The maximum absolute atomic E-state index is 11.8. The van der Waals surface area contributed by atoms with Crippen LogP contribution in [0.2, 0.25) is 0 Å². The van der Waals surface area contributed by atoms with Crippen molar-refractivity contribution < 1.29 is 15.0 Å². The summed E-state index contributed by atoms with van der Waals surface area (Å²) in [6, 6.07) is 4.87. The normalized spacial score (nSPS) is 12.2. The van der Waals surface area contributed by atoms with Crippen LogP contribution in [-0.2, 0) is 0 Å². The number of hydrogen-bond donors (Lipinski definition) is 4. The largest absolute Gasteiger partial charge is 0.507 e. The van der Waals surface area contributed by atoms with Gasteiger partial charge in [-0.25, -0.2) is 0 Å². The van der Waals surface area contributed by atoms with Crippen LogP contribution in [-0.4, -0.2) is 41.9 Å². The Hall–Kier alpha value is -0.860. The van der Waals surface area contributed by atoms with Crippen LogP contribution in [0.15, 0.2) is 18.2 Å². The van der Waals surface area contributed by atoms with Gasteiger partial charge in [-0.05, 0) is 47.7 Å². The number of benzene rings is 1. The van der Waals surface area contributed by atoms with Gasteiger partial charge in [-0.15, -0.1) is 0 Å². The highest BCUT2D eigenvalue weighted by atomic mass is 127. The molecule has 1 amide bonds. The fraction of sp³-hybridized carbons (Fsp3) is 0.417. The molecule has 0 saturated heterocycles. The predicted molar refractivity (Wildman–Crippen MR) is 77.7 cm³/mol. The first kappa shape index (κ1) is 15.2. The fourth-order valence-corrected chi connectivity index (χ4v) is 1.85. The van der Waals surface area contributed by atoms with Crippen molar-refractivity contribution in [2.75, 3.05) is 19.6 Å². The van der Waals surface area contributed by atoms with Crippen LogP contribution in [0.25, 0.3) is 0 Å². The average molecular weight is 364 g/mol. The lowest BCUT2D eigenvalue weighted by Gasteiger charge is -2.09. The molecule has 0 aliphatic rings. The van der Waals surface area contributed by atoms with Crippen molar-refractivity contribution in [3.05, 3.63) is 27.3 Å². The highest BCUT2D eigenvalue weighted by Gasteiger charge is 2.10. The molecule has 0 saturated carbocycles. The predicted octanol–water partition coefficient (Wildman–Crippen LogP) is 0.697. The molecule has 100 valence electrons. The summed E-state index contributed by atoms with van der Waals surface area (Å²) in [4.78, 5) is 11.8. The molecule has 0 aliphatic heterocycles. The minimum atomic E-state index is -0.402. The number of carbonyl (C=O) groups is 1. The minimum absolute atomic E-state index is 0.0233. The van der Waals surface area contributed by atoms with Crippen molar-refractivity contribution in [1.82, 2.24) is 10.6 Å². The van der Waals surface area contributed by atoms with Gasteiger partial charge in [0.25, 0.3) is 5.91 Å². The molecule has 0 aromatic heterocycles. The van der Waals surface area contributed by atoms with Gasteiger partial charge in [-0.1, -0.05) is 0 Å². The number of rotatable bonds is 6. The van der Waals surface area contributed by atoms with E-state index in [0.717, 1.165) is 3.57 Å². The summed E-state index contributed by atoms with van der Waals surface area (Å²) in [5.74, 6) is -0.324. The van der Waals surface area contributed by atoms with Crippen LogP contribution in [0.5, 0.6) is 5.75 Å². The lowest BCUT2D eigenvalue weighted by atomic mass is 10.2. The van der Waals surface area contributed by atoms with Crippen molar-refractivity contribution in [2.24, 2.45) is 0 Å². The molecule has 0 spiro atoms. The molecule has 18 heavy (non-hydrogen) atoms. The molecule has 1 rings (SSSR count). The average Bonchev–Trinajstić information content (AvgIpc) is 2.31. The number of carbonyl (C=O) groups excluding carboxylic acids is 1. The topological polar surface area (TPSA) is 81.6 Å². The number of amides is 1. The Bertz CT molecular complexity index is 410. The molecule has 0 heterocycles. The van der Waals surface area contributed by atoms with E-state index in [1.807, 2.05) is 0 Å². The number of halogens is 1. The van der Waals surface area contributed by atoms with E-state index >= 15 is 0 Å². The molecule has 6 heteroatoms. The van der Waals surface area contributed by atoms with Crippen LogP contribution >= 0.6 is 22.6 Å². The molecule has 0 aliphatic carbocycles. The third-order valence-electron chi connectivity index (χ3n) is 2.23. The standard InChI is InChI=1S/C12H17IN2O3/c1-8(16)7-14-4-5-15-12(18)10-6-9(13)2-3-11(10)17/h2-3,6,8,14,16-17H,4-5,7H2,1H3,(H,15,18). The summed E-state index contributed by atoms with van der Waals surface area (Å²) >= 11 is 2.08. The van der Waals surface area contributed by atoms with Crippen LogP contribution < -0.4 is 10.6 Å². The Kier molecular flexibility index (Phi) is 6.37. The molecular weight excluding hydrogens is 347 g/mol. The first-order valence-corrected chi connectivity index (χ1v) is 6.74. The Morgan fingerprint density at radius 1 is 1.44 bits per heavy atom. The van der Waals surface area contributed by atoms with Gasteiger partial charge in [0.05, 0.1) is 11.7 Å². The Morgan fingerprint density at radius 3 is 2.83 bits per heavy atom. The molecule has 0 fully saturated rings. The van der Waals surface area contributed by atoms with Gasteiger partial charge in [-0.2, -0.15) is 0 Å².